The van der Waals surface area contributed by atoms with E-state index in [1.165, 1.54) is 0 Å². The van der Waals surface area contributed by atoms with Gasteiger partial charge in [-0.1, -0.05) is 6.07 Å². The summed E-state index contributed by atoms with van der Waals surface area (Å²) < 4.78 is 10.4. The molecule has 0 radical (unpaired) electrons. The fourth-order valence-corrected chi connectivity index (χ4v) is 2.13. The number of methoxy groups -OCH3 is 2. The van der Waals surface area contributed by atoms with Crippen molar-refractivity contribution >= 4 is 18.0 Å². The van der Waals surface area contributed by atoms with Crippen LogP contribution in [0.15, 0.2) is 23.2 Å². The van der Waals surface area contributed by atoms with Gasteiger partial charge in [-0.2, -0.15) is 0 Å². The maximum Gasteiger partial charge on any atom is 0.235 e. The van der Waals surface area contributed by atoms with Crippen molar-refractivity contribution in [2.24, 2.45) is 10.9 Å². The lowest BCUT2D eigenvalue weighted by Crippen LogP contribution is -2.22. The first-order valence-electron chi connectivity index (χ1n) is 6.68. The smallest absolute Gasteiger partial charge is 0.235 e. The quantitative estimate of drug-likeness (QED) is 0.626. The second-order valence-electron chi connectivity index (χ2n) is 4.72. The molecule has 2 rings (SSSR count). The summed E-state index contributed by atoms with van der Waals surface area (Å²) in [6, 6.07) is 5.70. The van der Waals surface area contributed by atoms with Crippen LogP contribution in [0.2, 0.25) is 0 Å². The van der Waals surface area contributed by atoms with E-state index < -0.39 is 5.92 Å². The number of imide groups is 1. The number of aliphatic imine (C=N–C) groups is 1. The van der Waals surface area contributed by atoms with Crippen LogP contribution < -0.4 is 14.8 Å². The second-order valence-corrected chi connectivity index (χ2v) is 4.72. The van der Waals surface area contributed by atoms with Gasteiger partial charge < -0.3 is 9.47 Å². The summed E-state index contributed by atoms with van der Waals surface area (Å²) in [5.74, 6) is 0.430. The predicted molar refractivity (Wildman–Crippen MR) is 77.9 cm³/mol. The third-order valence-corrected chi connectivity index (χ3v) is 3.27. The van der Waals surface area contributed by atoms with E-state index in [2.05, 4.69) is 10.3 Å². The number of hydrogen-bond donors (Lipinski definition) is 1. The van der Waals surface area contributed by atoms with Crippen molar-refractivity contribution in [1.29, 1.82) is 0 Å². The molecule has 1 heterocycles. The Balaban J connectivity index is 1.88. The summed E-state index contributed by atoms with van der Waals surface area (Å²) in [5.41, 5.74) is 1.07. The first kappa shape index (κ1) is 15.0. The molecule has 1 aromatic rings. The van der Waals surface area contributed by atoms with Crippen molar-refractivity contribution in [2.75, 3.05) is 20.8 Å². The minimum atomic E-state index is -0.428. The molecule has 1 atom stereocenters. The van der Waals surface area contributed by atoms with Crippen LogP contribution in [-0.2, 0) is 16.0 Å². The average molecular weight is 290 g/mol. The van der Waals surface area contributed by atoms with Gasteiger partial charge in [0, 0.05) is 19.2 Å². The minimum Gasteiger partial charge on any atom is -0.493 e. The highest BCUT2D eigenvalue weighted by molar-refractivity contribution is 6.10. The van der Waals surface area contributed by atoms with Crippen molar-refractivity contribution in [1.82, 2.24) is 5.32 Å². The van der Waals surface area contributed by atoms with Crippen LogP contribution in [0.25, 0.3) is 0 Å². The number of benzene rings is 1. The largest absolute Gasteiger partial charge is 0.493 e. The van der Waals surface area contributed by atoms with Crippen LogP contribution in [0, 0.1) is 5.92 Å². The van der Waals surface area contributed by atoms with E-state index in [1.54, 1.807) is 20.4 Å². The highest BCUT2D eigenvalue weighted by atomic mass is 16.5. The Labute approximate surface area is 123 Å². The van der Waals surface area contributed by atoms with E-state index in [4.69, 9.17) is 9.47 Å². The molecule has 6 heteroatoms. The molecule has 0 aliphatic carbocycles. The minimum absolute atomic E-state index is 0.193. The lowest BCUT2D eigenvalue weighted by Gasteiger charge is -2.08. The molecular formula is C15H18N2O4. The molecule has 0 aromatic heterocycles. The summed E-state index contributed by atoms with van der Waals surface area (Å²) in [6.45, 7) is 0.549. The first-order chi connectivity index (χ1) is 10.1. The number of ether oxygens (including phenoxy) is 2. The monoisotopic (exact) mass is 290 g/mol. The lowest BCUT2D eigenvalue weighted by atomic mass is 10.1. The van der Waals surface area contributed by atoms with Crippen molar-refractivity contribution in [3.63, 3.8) is 0 Å². The third-order valence-electron chi connectivity index (χ3n) is 3.27. The average Bonchev–Trinajstić information content (AvgIpc) is 2.81. The highest BCUT2D eigenvalue weighted by Crippen LogP contribution is 2.27. The van der Waals surface area contributed by atoms with Gasteiger partial charge in [0.25, 0.3) is 0 Å². The zero-order valence-electron chi connectivity index (χ0n) is 12.1. The van der Waals surface area contributed by atoms with E-state index in [-0.39, 0.29) is 18.2 Å². The van der Waals surface area contributed by atoms with E-state index in [9.17, 15) is 9.59 Å². The van der Waals surface area contributed by atoms with Gasteiger partial charge in [0.05, 0.1) is 20.1 Å². The Morgan fingerprint density at radius 2 is 2.05 bits per heavy atom. The number of nitrogens with one attached hydrogen (secondary N) is 1. The molecule has 112 valence electrons. The molecule has 21 heavy (non-hydrogen) atoms. The van der Waals surface area contributed by atoms with Crippen LogP contribution >= 0.6 is 0 Å². The Kier molecular flexibility index (Phi) is 4.92. The van der Waals surface area contributed by atoms with Crippen molar-refractivity contribution in [3.05, 3.63) is 23.8 Å². The van der Waals surface area contributed by atoms with Gasteiger partial charge in [-0.3, -0.25) is 19.9 Å². The molecule has 6 nitrogen and oxygen atoms in total. The molecule has 0 spiro atoms. The van der Waals surface area contributed by atoms with Gasteiger partial charge in [-0.15, -0.1) is 0 Å². The fourth-order valence-electron chi connectivity index (χ4n) is 2.13. The van der Waals surface area contributed by atoms with Crippen molar-refractivity contribution < 1.29 is 19.1 Å². The van der Waals surface area contributed by atoms with Crippen LogP contribution in [0.5, 0.6) is 11.5 Å². The van der Waals surface area contributed by atoms with E-state index >= 15 is 0 Å². The Bertz CT molecular complexity index is 569. The zero-order valence-corrected chi connectivity index (χ0v) is 12.1. The molecule has 1 aromatic carbocycles. The molecule has 1 unspecified atom stereocenters. The number of rotatable bonds is 6. The van der Waals surface area contributed by atoms with Crippen molar-refractivity contribution in [3.8, 4) is 11.5 Å². The third kappa shape index (κ3) is 3.81. The summed E-state index contributed by atoms with van der Waals surface area (Å²) in [5, 5.41) is 2.25. The summed E-state index contributed by atoms with van der Waals surface area (Å²) in [4.78, 5) is 26.6. The molecule has 0 bridgehead atoms. The Morgan fingerprint density at radius 3 is 2.67 bits per heavy atom. The number of carbonyl (C=O) groups excluding carboxylic acids is 2. The molecule has 1 N–H and O–H groups in total. The molecule has 2 amide bonds. The summed E-state index contributed by atoms with van der Waals surface area (Å²) >= 11 is 0. The highest BCUT2D eigenvalue weighted by Gasteiger charge is 2.28. The number of hydrogen-bond acceptors (Lipinski definition) is 5. The molecule has 1 aliphatic heterocycles. The fraction of sp³-hybridized carbons (Fsp3) is 0.400. The first-order valence-corrected chi connectivity index (χ1v) is 6.68. The second kappa shape index (κ2) is 6.88. The van der Waals surface area contributed by atoms with Gasteiger partial charge in [0.15, 0.2) is 11.5 Å². The number of amides is 2. The predicted octanol–water partition coefficient (Wildman–Crippen LogP) is 0.980. The summed E-state index contributed by atoms with van der Waals surface area (Å²) in [6.07, 6.45) is 2.47. The van der Waals surface area contributed by atoms with Gasteiger partial charge in [-0.25, -0.2) is 0 Å². The van der Waals surface area contributed by atoms with E-state index in [1.807, 2.05) is 18.2 Å². The Morgan fingerprint density at radius 1 is 1.29 bits per heavy atom. The van der Waals surface area contributed by atoms with Crippen LogP contribution in [0.3, 0.4) is 0 Å². The van der Waals surface area contributed by atoms with Crippen molar-refractivity contribution in [2.45, 2.75) is 12.8 Å². The molecular weight excluding hydrogens is 272 g/mol. The van der Waals surface area contributed by atoms with E-state index in [0.717, 1.165) is 12.0 Å². The molecule has 0 saturated carbocycles. The number of nitrogens with zero attached hydrogens (tertiary/aromatic N) is 1. The normalized spacial score (nSPS) is 18.1. The van der Waals surface area contributed by atoms with Gasteiger partial charge >= 0.3 is 0 Å². The maximum absolute atomic E-state index is 11.3. The Hall–Kier alpha value is -2.37. The van der Waals surface area contributed by atoms with Gasteiger partial charge in [0.2, 0.25) is 11.8 Å². The SMILES string of the molecule is COc1ccc(CCN=CC2CC(=O)NC2=O)cc1OC. The molecule has 1 aliphatic rings. The van der Waals surface area contributed by atoms with Gasteiger partial charge in [-0.05, 0) is 24.1 Å². The zero-order chi connectivity index (χ0) is 15.2. The van der Waals surface area contributed by atoms with Gasteiger partial charge in [0.1, 0.15) is 0 Å². The summed E-state index contributed by atoms with van der Waals surface area (Å²) in [7, 11) is 3.19. The molecule has 1 saturated heterocycles. The van der Waals surface area contributed by atoms with Crippen LogP contribution in [0.1, 0.15) is 12.0 Å². The number of carbonyl (C=O) groups is 2. The van der Waals surface area contributed by atoms with Crippen LogP contribution in [-0.4, -0.2) is 38.8 Å². The standard InChI is InChI=1S/C15H18N2O4/c1-20-12-4-3-10(7-13(12)21-2)5-6-16-9-11-8-14(18)17-15(11)19/h3-4,7,9,11H,5-6,8H2,1-2H3,(H,17,18,19). The molecule has 1 fully saturated rings. The maximum atomic E-state index is 11.3. The topological polar surface area (TPSA) is 77.0 Å². The van der Waals surface area contributed by atoms with E-state index in [0.29, 0.717) is 18.0 Å². The van der Waals surface area contributed by atoms with Crippen LogP contribution in [0.4, 0.5) is 0 Å². The lowest BCUT2D eigenvalue weighted by molar-refractivity contribution is -0.125.